The van der Waals surface area contributed by atoms with Gasteiger partial charge in [-0.2, -0.15) is 0 Å². The van der Waals surface area contributed by atoms with Crippen LogP contribution in [0.2, 0.25) is 5.02 Å². The Kier molecular flexibility index (Phi) is 9.16. The van der Waals surface area contributed by atoms with Gasteiger partial charge in [0.1, 0.15) is 11.8 Å². The number of nitrogens with one attached hydrogen (secondary N) is 2. The lowest BCUT2D eigenvalue weighted by molar-refractivity contribution is -0.126. The topological polar surface area (TPSA) is 97.0 Å². The molecule has 0 spiro atoms. The van der Waals surface area contributed by atoms with E-state index in [0.29, 0.717) is 35.0 Å². The third-order valence-electron chi connectivity index (χ3n) is 5.98. The zero-order valence-electron chi connectivity index (χ0n) is 20.3. The molecule has 0 radical (unpaired) electrons. The molecule has 0 bridgehead atoms. The molecule has 1 saturated heterocycles. The van der Waals surface area contributed by atoms with Gasteiger partial charge in [-0.05, 0) is 48.1 Å². The number of carbonyl (C=O) groups is 3. The molecule has 2 heterocycles. The number of methoxy groups -OCH3 is 1. The van der Waals surface area contributed by atoms with Gasteiger partial charge in [0.25, 0.3) is 5.91 Å². The smallest absolute Gasteiger partial charge is 0.261 e. The van der Waals surface area contributed by atoms with Crippen molar-refractivity contribution in [1.29, 1.82) is 0 Å². The largest absolute Gasteiger partial charge is 0.495 e. The van der Waals surface area contributed by atoms with Crippen LogP contribution in [0.25, 0.3) is 0 Å². The molecule has 2 atom stereocenters. The molecular formula is C27H28ClN3O5S. The fraction of sp³-hybridized carbons (Fsp3) is 0.296. The highest BCUT2D eigenvalue weighted by molar-refractivity contribution is 7.12. The Balaban J connectivity index is 1.66. The molecule has 194 valence electrons. The van der Waals surface area contributed by atoms with E-state index in [2.05, 4.69) is 10.6 Å². The maximum absolute atomic E-state index is 13.7. The summed E-state index contributed by atoms with van der Waals surface area (Å²) in [5, 5.41) is 7.68. The SMILES string of the molecule is COc1ccc(N(C(=O)CNC(=O)c2cccs2)[C@@H](C(=O)NC[C@@H]2CCCO2)c2ccccc2)cc1Cl. The van der Waals surface area contributed by atoms with Crippen molar-refractivity contribution in [3.63, 3.8) is 0 Å². The van der Waals surface area contributed by atoms with E-state index in [4.69, 9.17) is 21.1 Å². The Bertz CT molecular complexity index is 1220. The molecular weight excluding hydrogens is 514 g/mol. The number of benzene rings is 2. The standard InChI is InChI=1S/C27H28ClN3O5S/c1-35-22-12-11-19(15-21(22)28)31(24(32)17-30-26(33)23-10-6-14-37-23)25(18-7-3-2-4-8-18)27(34)29-16-20-9-5-13-36-20/h2-4,6-8,10-12,14-15,20,25H,5,9,13,16-17H2,1H3,(H,29,34)(H,30,33)/t20-,25+/m0/s1. The lowest BCUT2D eigenvalue weighted by Crippen LogP contribution is -2.48. The maximum Gasteiger partial charge on any atom is 0.261 e. The van der Waals surface area contributed by atoms with Crippen LogP contribution >= 0.6 is 22.9 Å². The van der Waals surface area contributed by atoms with Crippen molar-refractivity contribution in [2.75, 3.05) is 31.7 Å². The average molecular weight is 542 g/mol. The molecule has 10 heteroatoms. The predicted molar refractivity (Wildman–Crippen MR) is 143 cm³/mol. The van der Waals surface area contributed by atoms with E-state index in [-0.39, 0.29) is 29.5 Å². The second kappa shape index (κ2) is 12.7. The maximum atomic E-state index is 13.7. The van der Waals surface area contributed by atoms with E-state index in [0.717, 1.165) is 12.8 Å². The molecule has 1 fully saturated rings. The second-order valence-corrected chi connectivity index (χ2v) is 9.79. The van der Waals surface area contributed by atoms with Crippen molar-refractivity contribution >= 4 is 46.3 Å². The molecule has 2 aromatic carbocycles. The van der Waals surface area contributed by atoms with Crippen LogP contribution in [0.1, 0.15) is 34.1 Å². The fourth-order valence-corrected chi connectivity index (χ4v) is 5.04. The van der Waals surface area contributed by atoms with Crippen LogP contribution in [-0.4, -0.2) is 50.6 Å². The summed E-state index contributed by atoms with van der Waals surface area (Å²) in [5.74, 6) is -0.781. The van der Waals surface area contributed by atoms with Gasteiger partial charge in [0, 0.05) is 18.8 Å². The van der Waals surface area contributed by atoms with Crippen LogP contribution in [0.15, 0.2) is 66.0 Å². The summed E-state index contributed by atoms with van der Waals surface area (Å²) in [6, 6.07) is 16.3. The summed E-state index contributed by atoms with van der Waals surface area (Å²) in [7, 11) is 1.50. The molecule has 3 amide bonds. The fourth-order valence-electron chi connectivity index (χ4n) is 4.15. The number of hydrogen-bond acceptors (Lipinski definition) is 6. The minimum absolute atomic E-state index is 0.0648. The highest BCUT2D eigenvalue weighted by Crippen LogP contribution is 2.34. The summed E-state index contributed by atoms with van der Waals surface area (Å²) in [4.78, 5) is 41.7. The van der Waals surface area contributed by atoms with E-state index < -0.39 is 11.9 Å². The number of ether oxygens (including phenoxy) is 2. The lowest BCUT2D eigenvalue weighted by Gasteiger charge is -2.32. The van der Waals surface area contributed by atoms with Gasteiger partial charge in [-0.1, -0.05) is 48.0 Å². The highest BCUT2D eigenvalue weighted by atomic mass is 35.5. The minimum Gasteiger partial charge on any atom is -0.495 e. The molecule has 1 aromatic heterocycles. The van der Waals surface area contributed by atoms with Gasteiger partial charge in [0.15, 0.2) is 0 Å². The zero-order valence-corrected chi connectivity index (χ0v) is 21.9. The van der Waals surface area contributed by atoms with Gasteiger partial charge in [0.05, 0.1) is 29.7 Å². The number of halogens is 1. The van der Waals surface area contributed by atoms with Gasteiger partial charge in [-0.25, -0.2) is 0 Å². The van der Waals surface area contributed by atoms with Gasteiger partial charge in [-0.15, -0.1) is 11.3 Å². The van der Waals surface area contributed by atoms with Gasteiger partial charge < -0.3 is 20.1 Å². The van der Waals surface area contributed by atoms with Crippen molar-refractivity contribution in [2.45, 2.75) is 25.0 Å². The Hall–Kier alpha value is -3.40. The third-order valence-corrected chi connectivity index (χ3v) is 7.14. The van der Waals surface area contributed by atoms with E-state index >= 15 is 0 Å². The Morgan fingerprint density at radius 3 is 2.59 bits per heavy atom. The van der Waals surface area contributed by atoms with Crippen LogP contribution in [0, 0.1) is 0 Å². The Morgan fingerprint density at radius 1 is 1.14 bits per heavy atom. The van der Waals surface area contributed by atoms with Crippen molar-refractivity contribution in [1.82, 2.24) is 10.6 Å². The van der Waals surface area contributed by atoms with E-state index in [1.165, 1.54) is 23.3 Å². The number of hydrogen-bond donors (Lipinski definition) is 2. The number of thiophene rings is 1. The summed E-state index contributed by atoms with van der Waals surface area (Å²) in [6.07, 6.45) is 1.74. The number of rotatable bonds is 10. The highest BCUT2D eigenvalue weighted by Gasteiger charge is 2.34. The van der Waals surface area contributed by atoms with E-state index in [9.17, 15) is 14.4 Å². The molecule has 8 nitrogen and oxygen atoms in total. The minimum atomic E-state index is -1.02. The van der Waals surface area contributed by atoms with Gasteiger partial charge in [0.2, 0.25) is 11.8 Å². The summed E-state index contributed by atoms with van der Waals surface area (Å²) in [5.41, 5.74) is 1.000. The second-order valence-electron chi connectivity index (χ2n) is 8.44. The molecule has 2 N–H and O–H groups in total. The molecule has 0 unspecified atom stereocenters. The van der Waals surface area contributed by atoms with Gasteiger partial charge >= 0.3 is 0 Å². The number of carbonyl (C=O) groups excluding carboxylic acids is 3. The average Bonchev–Trinajstić information content (AvgIpc) is 3.64. The van der Waals surface area contributed by atoms with Crippen molar-refractivity contribution in [2.24, 2.45) is 0 Å². The quantitative estimate of drug-likeness (QED) is 0.401. The van der Waals surface area contributed by atoms with Crippen LogP contribution in [-0.2, 0) is 14.3 Å². The molecule has 0 aliphatic carbocycles. The summed E-state index contributed by atoms with van der Waals surface area (Å²) in [6.45, 7) is 0.687. The lowest BCUT2D eigenvalue weighted by atomic mass is 10.0. The normalized spacial score (nSPS) is 15.6. The van der Waals surface area contributed by atoms with E-state index in [1.54, 1.807) is 60.0 Å². The van der Waals surface area contributed by atoms with Crippen LogP contribution in [0.3, 0.4) is 0 Å². The molecule has 0 saturated carbocycles. The van der Waals surface area contributed by atoms with Gasteiger partial charge in [-0.3, -0.25) is 19.3 Å². The monoisotopic (exact) mass is 541 g/mol. The first kappa shape index (κ1) is 26.7. The van der Waals surface area contributed by atoms with Crippen molar-refractivity contribution in [3.05, 3.63) is 81.5 Å². The van der Waals surface area contributed by atoms with Crippen LogP contribution in [0.4, 0.5) is 5.69 Å². The Morgan fingerprint density at radius 2 is 1.95 bits per heavy atom. The van der Waals surface area contributed by atoms with Crippen LogP contribution < -0.4 is 20.3 Å². The first-order valence-electron chi connectivity index (χ1n) is 11.9. The predicted octanol–water partition coefficient (Wildman–Crippen LogP) is 4.21. The van der Waals surface area contributed by atoms with Crippen molar-refractivity contribution in [3.8, 4) is 5.75 Å². The summed E-state index contributed by atoms with van der Waals surface area (Å²) < 4.78 is 10.9. The molecule has 37 heavy (non-hydrogen) atoms. The molecule has 1 aliphatic rings. The first-order valence-corrected chi connectivity index (χ1v) is 13.1. The molecule has 3 aromatic rings. The van der Waals surface area contributed by atoms with Crippen LogP contribution in [0.5, 0.6) is 5.75 Å². The number of anilines is 1. The zero-order chi connectivity index (χ0) is 26.2. The molecule has 1 aliphatic heterocycles. The summed E-state index contributed by atoms with van der Waals surface area (Å²) >= 11 is 7.68. The number of amides is 3. The van der Waals surface area contributed by atoms with Crippen molar-refractivity contribution < 1.29 is 23.9 Å². The first-order chi connectivity index (χ1) is 18.0. The molecule has 4 rings (SSSR count). The Labute approximate surface area is 224 Å². The number of nitrogens with zero attached hydrogens (tertiary/aromatic N) is 1. The third kappa shape index (κ3) is 6.68. The van der Waals surface area contributed by atoms with E-state index in [1.807, 2.05) is 6.07 Å².